The number of para-hydroxylation sites is 1. The van der Waals surface area contributed by atoms with E-state index in [-0.39, 0.29) is 0 Å². The van der Waals surface area contributed by atoms with E-state index in [1.165, 1.54) is 0 Å². The van der Waals surface area contributed by atoms with Gasteiger partial charge in [-0.25, -0.2) is 8.42 Å². The van der Waals surface area contributed by atoms with Crippen LogP contribution in [0, 0.1) is 0 Å². The molecule has 8 heteroatoms. The van der Waals surface area contributed by atoms with Crippen LogP contribution >= 0.6 is 11.6 Å². The third kappa shape index (κ3) is 5.93. The molecule has 0 unspecified atom stereocenters. The summed E-state index contributed by atoms with van der Waals surface area (Å²) in [6.45, 7) is 1.03. The lowest BCUT2D eigenvalue weighted by Crippen LogP contribution is -2.38. The minimum atomic E-state index is -3.34. The summed E-state index contributed by atoms with van der Waals surface area (Å²) in [6, 6.07) is 14.9. The van der Waals surface area contributed by atoms with E-state index in [2.05, 4.69) is 15.0 Å². The normalized spacial score (nSPS) is 11.9. The zero-order chi connectivity index (χ0) is 19.2. The molecule has 2 aromatic carbocycles. The van der Waals surface area contributed by atoms with Crippen molar-refractivity contribution in [2.45, 2.75) is 13.1 Å². The standard InChI is InChI=1S/C18H23ClN4O2S/c1-20-18(23(2)13-15-9-4-6-10-16(15)19)21-12-14-8-5-7-11-17(14)22-26(3,24)25/h4-11,22H,12-13H2,1-3H3,(H,20,21). The first-order chi connectivity index (χ1) is 12.3. The van der Waals surface area contributed by atoms with Crippen LogP contribution in [0.2, 0.25) is 5.02 Å². The van der Waals surface area contributed by atoms with Crippen LogP contribution in [0.25, 0.3) is 0 Å². The number of anilines is 1. The van der Waals surface area contributed by atoms with Crippen LogP contribution in [0.4, 0.5) is 5.69 Å². The molecule has 0 aliphatic rings. The molecule has 2 N–H and O–H groups in total. The number of halogens is 1. The second-order valence-corrected chi connectivity index (χ2v) is 8.04. The number of guanidine groups is 1. The molecule has 2 aromatic rings. The molecule has 0 aromatic heterocycles. The second kappa shape index (κ2) is 8.91. The molecular formula is C18H23ClN4O2S. The van der Waals surface area contributed by atoms with Crippen LogP contribution in [-0.2, 0) is 23.1 Å². The Morgan fingerprint density at radius 2 is 1.73 bits per heavy atom. The molecule has 140 valence electrons. The zero-order valence-corrected chi connectivity index (χ0v) is 16.6. The quantitative estimate of drug-likeness (QED) is 0.583. The van der Waals surface area contributed by atoms with Crippen molar-refractivity contribution in [2.75, 3.05) is 25.1 Å². The second-order valence-electron chi connectivity index (χ2n) is 5.88. The van der Waals surface area contributed by atoms with Gasteiger partial charge in [0.25, 0.3) is 0 Å². The number of benzene rings is 2. The van der Waals surface area contributed by atoms with Crippen molar-refractivity contribution >= 4 is 33.3 Å². The van der Waals surface area contributed by atoms with Gasteiger partial charge in [-0.1, -0.05) is 48.0 Å². The van der Waals surface area contributed by atoms with E-state index in [1.807, 2.05) is 48.3 Å². The first kappa shape index (κ1) is 20.1. The maximum atomic E-state index is 11.5. The molecule has 0 fully saturated rings. The highest BCUT2D eigenvalue weighted by molar-refractivity contribution is 7.92. The van der Waals surface area contributed by atoms with E-state index in [1.54, 1.807) is 19.2 Å². The molecule has 26 heavy (non-hydrogen) atoms. The first-order valence-corrected chi connectivity index (χ1v) is 10.3. The van der Waals surface area contributed by atoms with Crippen LogP contribution in [0.5, 0.6) is 0 Å². The Kier molecular flexibility index (Phi) is 6.88. The van der Waals surface area contributed by atoms with Crippen molar-refractivity contribution in [2.24, 2.45) is 4.99 Å². The largest absolute Gasteiger partial charge is 0.352 e. The van der Waals surface area contributed by atoms with Crippen LogP contribution < -0.4 is 10.0 Å². The van der Waals surface area contributed by atoms with Gasteiger partial charge in [-0.15, -0.1) is 0 Å². The van der Waals surface area contributed by atoms with Gasteiger partial charge in [0.15, 0.2) is 5.96 Å². The predicted molar refractivity (Wildman–Crippen MR) is 108 cm³/mol. The highest BCUT2D eigenvalue weighted by Gasteiger charge is 2.11. The highest BCUT2D eigenvalue weighted by atomic mass is 35.5. The summed E-state index contributed by atoms with van der Waals surface area (Å²) < 4.78 is 25.6. The molecule has 0 aliphatic heterocycles. The van der Waals surface area contributed by atoms with Gasteiger partial charge in [0.05, 0.1) is 11.9 Å². The van der Waals surface area contributed by atoms with E-state index >= 15 is 0 Å². The third-order valence-electron chi connectivity index (χ3n) is 3.69. The Bertz CT molecular complexity index is 884. The fourth-order valence-electron chi connectivity index (χ4n) is 2.49. The van der Waals surface area contributed by atoms with Crippen molar-refractivity contribution in [1.82, 2.24) is 10.2 Å². The molecule has 0 aliphatic carbocycles. The third-order valence-corrected chi connectivity index (χ3v) is 4.65. The molecule has 0 heterocycles. The lowest BCUT2D eigenvalue weighted by atomic mass is 10.2. The van der Waals surface area contributed by atoms with E-state index in [0.717, 1.165) is 17.4 Å². The summed E-state index contributed by atoms with van der Waals surface area (Å²) >= 11 is 6.22. The monoisotopic (exact) mass is 394 g/mol. The van der Waals surface area contributed by atoms with Gasteiger partial charge in [-0.3, -0.25) is 9.71 Å². The molecule has 0 radical (unpaired) electrons. The van der Waals surface area contributed by atoms with Crippen LogP contribution in [0.15, 0.2) is 53.5 Å². The Morgan fingerprint density at radius 3 is 2.35 bits per heavy atom. The van der Waals surface area contributed by atoms with E-state index in [4.69, 9.17) is 11.6 Å². The zero-order valence-electron chi connectivity index (χ0n) is 15.0. The van der Waals surface area contributed by atoms with Gasteiger partial charge >= 0.3 is 0 Å². The number of aliphatic imine (C=N–C) groups is 1. The molecule has 0 bridgehead atoms. The van der Waals surface area contributed by atoms with Gasteiger partial charge < -0.3 is 10.2 Å². The summed E-state index contributed by atoms with van der Waals surface area (Å²) in [5.74, 6) is 0.680. The minimum Gasteiger partial charge on any atom is -0.352 e. The molecule has 6 nitrogen and oxygen atoms in total. The van der Waals surface area contributed by atoms with E-state index in [9.17, 15) is 8.42 Å². The van der Waals surface area contributed by atoms with Crippen LogP contribution in [0.3, 0.4) is 0 Å². The average molecular weight is 395 g/mol. The van der Waals surface area contributed by atoms with E-state index in [0.29, 0.717) is 29.8 Å². The predicted octanol–water partition coefficient (Wildman–Crippen LogP) is 2.92. The number of rotatable bonds is 6. The lowest BCUT2D eigenvalue weighted by molar-refractivity contribution is 0.477. The SMILES string of the molecule is CN=C(NCc1ccccc1NS(C)(=O)=O)N(C)Cc1ccccc1Cl. The van der Waals surface area contributed by atoms with Gasteiger partial charge in [-0.05, 0) is 23.3 Å². The average Bonchev–Trinajstić information content (AvgIpc) is 2.57. The van der Waals surface area contributed by atoms with Gasteiger partial charge in [0.2, 0.25) is 10.0 Å². The van der Waals surface area contributed by atoms with Crippen molar-refractivity contribution in [3.8, 4) is 0 Å². The fourth-order valence-corrected chi connectivity index (χ4v) is 3.28. The first-order valence-electron chi connectivity index (χ1n) is 8.01. The summed E-state index contributed by atoms with van der Waals surface area (Å²) in [5, 5.41) is 3.96. The fraction of sp³-hybridized carbons (Fsp3) is 0.278. The molecule has 0 saturated carbocycles. The maximum Gasteiger partial charge on any atom is 0.229 e. The Morgan fingerprint density at radius 1 is 1.12 bits per heavy atom. The van der Waals surface area contributed by atoms with Crippen molar-refractivity contribution in [1.29, 1.82) is 0 Å². The van der Waals surface area contributed by atoms with Gasteiger partial charge in [0.1, 0.15) is 0 Å². The lowest BCUT2D eigenvalue weighted by Gasteiger charge is -2.23. The minimum absolute atomic E-state index is 0.429. The Hall–Kier alpha value is -2.25. The van der Waals surface area contributed by atoms with Crippen molar-refractivity contribution in [3.05, 3.63) is 64.7 Å². The topological polar surface area (TPSA) is 73.8 Å². The Labute approximate surface area is 159 Å². The molecule has 0 spiro atoms. The van der Waals surface area contributed by atoms with Gasteiger partial charge in [0, 0.05) is 32.2 Å². The number of hydrogen-bond donors (Lipinski definition) is 2. The summed E-state index contributed by atoms with van der Waals surface area (Å²) in [6.07, 6.45) is 1.13. The number of sulfonamides is 1. The summed E-state index contributed by atoms with van der Waals surface area (Å²) in [5.41, 5.74) is 2.37. The number of nitrogens with zero attached hydrogens (tertiary/aromatic N) is 2. The smallest absolute Gasteiger partial charge is 0.229 e. The van der Waals surface area contributed by atoms with Crippen molar-refractivity contribution < 1.29 is 8.42 Å². The molecular weight excluding hydrogens is 372 g/mol. The summed E-state index contributed by atoms with van der Waals surface area (Å²) in [4.78, 5) is 6.24. The summed E-state index contributed by atoms with van der Waals surface area (Å²) in [7, 11) is 0.278. The number of nitrogens with one attached hydrogen (secondary N) is 2. The molecule has 2 rings (SSSR count). The molecule has 0 saturated heterocycles. The van der Waals surface area contributed by atoms with Crippen molar-refractivity contribution in [3.63, 3.8) is 0 Å². The van der Waals surface area contributed by atoms with E-state index < -0.39 is 10.0 Å². The highest BCUT2D eigenvalue weighted by Crippen LogP contribution is 2.18. The molecule has 0 atom stereocenters. The number of hydrogen-bond acceptors (Lipinski definition) is 3. The maximum absolute atomic E-state index is 11.5. The van der Waals surface area contributed by atoms with Crippen LogP contribution in [0.1, 0.15) is 11.1 Å². The van der Waals surface area contributed by atoms with Crippen LogP contribution in [-0.4, -0.2) is 39.6 Å². The Balaban J connectivity index is 2.07. The van der Waals surface area contributed by atoms with Gasteiger partial charge in [-0.2, -0.15) is 0 Å². The molecule has 0 amide bonds.